The molecule has 25 heavy (non-hydrogen) atoms. The molecule has 2 aromatic rings. The van der Waals surface area contributed by atoms with Crippen LogP contribution >= 0.6 is 0 Å². The number of hydrogen-bond donors (Lipinski definition) is 1. The third kappa shape index (κ3) is 2.52. The fraction of sp³-hybridized carbons (Fsp3) is 0.412. The number of fused-ring (bicyclic) bond motifs is 1. The largest absolute Gasteiger partial charge is 0.586 e. The highest BCUT2D eigenvalue weighted by atomic mass is 19.3. The molecular formula is C17H17F2N3O3. The van der Waals surface area contributed by atoms with E-state index in [0.717, 1.165) is 12.1 Å². The first kappa shape index (κ1) is 15.9. The maximum atomic E-state index is 13.2. The number of nitrogens with one attached hydrogen (secondary N) is 1. The van der Waals surface area contributed by atoms with E-state index in [1.54, 1.807) is 16.9 Å². The molecule has 1 N–H and O–H groups in total. The Morgan fingerprint density at radius 1 is 1.32 bits per heavy atom. The number of halogens is 2. The van der Waals surface area contributed by atoms with Gasteiger partial charge in [0.05, 0.1) is 23.0 Å². The molecule has 0 atom stereocenters. The van der Waals surface area contributed by atoms with Gasteiger partial charge in [0.2, 0.25) is 5.91 Å². The van der Waals surface area contributed by atoms with Gasteiger partial charge in [-0.2, -0.15) is 5.10 Å². The zero-order valence-corrected chi connectivity index (χ0v) is 13.8. The van der Waals surface area contributed by atoms with Crippen molar-refractivity contribution in [2.45, 2.75) is 37.9 Å². The van der Waals surface area contributed by atoms with E-state index in [4.69, 9.17) is 0 Å². The Labute approximate surface area is 142 Å². The van der Waals surface area contributed by atoms with Gasteiger partial charge in [0, 0.05) is 7.05 Å². The van der Waals surface area contributed by atoms with Gasteiger partial charge in [-0.1, -0.05) is 13.0 Å². The Hall–Kier alpha value is -2.64. The molecule has 8 heteroatoms. The normalized spacial score (nSPS) is 18.9. The second-order valence-corrected chi connectivity index (χ2v) is 6.35. The molecule has 1 aromatic carbocycles. The summed E-state index contributed by atoms with van der Waals surface area (Å²) in [5.74, 6) is -0.233. The molecule has 0 unspecified atom stereocenters. The van der Waals surface area contributed by atoms with E-state index in [0.29, 0.717) is 24.1 Å². The lowest BCUT2D eigenvalue weighted by Gasteiger charge is -2.16. The Kier molecular flexibility index (Phi) is 3.28. The van der Waals surface area contributed by atoms with Gasteiger partial charge in [0.15, 0.2) is 11.5 Å². The maximum absolute atomic E-state index is 13.2. The van der Waals surface area contributed by atoms with Crippen molar-refractivity contribution in [3.05, 3.63) is 35.7 Å². The second-order valence-electron chi connectivity index (χ2n) is 6.35. The highest BCUT2D eigenvalue weighted by Gasteiger charge is 2.53. The average molecular weight is 349 g/mol. The van der Waals surface area contributed by atoms with Gasteiger partial charge in [-0.25, -0.2) is 0 Å². The van der Waals surface area contributed by atoms with Crippen LogP contribution in [0.2, 0.25) is 0 Å². The number of alkyl halides is 2. The van der Waals surface area contributed by atoms with Crippen LogP contribution in [0.4, 0.5) is 14.5 Å². The Bertz CT molecular complexity index is 859. The van der Waals surface area contributed by atoms with Crippen LogP contribution in [0, 0.1) is 0 Å². The average Bonchev–Trinajstić information content (AvgIpc) is 3.20. The molecule has 0 bridgehead atoms. The van der Waals surface area contributed by atoms with Crippen LogP contribution in [0.5, 0.6) is 11.5 Å². The molecule has 0 radical (unpaired) electrons. The molecular weight excluding hydrogens is 332 g/mol. The zero-order valence-electron chi connectivity index (χ0n) is 13.8. The molecule has 1 fully saturated rings. The van der Waals surface area contributed by atoms with Crippen molar-refractivity contribution in [1.82, 2.24) is 9.78 Å². The van der Waals surface area contributed by atoms with Crippen LogP contribution in [0.3, 0.4) is 0 Å². The molecule has 132 valence electrons. The number of ether oxygens (including phenoxy) is 2. The lowest BCUT2D eigenvalue weighted by molar-refractivity contribution is -0.286. The van der Waals surface area contributed by atoms with E-state index >= 15 is 0 Å². The summed E-state index contributed by atoms with van der Waals surface area (Å²) in [4.78, 5) is 12.8. The van der Waals surface area contributed by atoms with Crippen LogP contribution in [-0.2, 0) is 23.7 Å². The first-order valence-corrected chi connectivity index (χ1v) is 8.07. The van der Waals surface area contributed by atoms with Crippen molar-refractivity contribution < 1.29 is 23.0 Å². The van der Waals surface area contributed by atoms with Crippen molar-refractivity contribution in [3.63, 3.8) is 0 Å². The summed E-state index contributed by atoms with van der Waals surface area (Å²) in [6.45, 7) is 1.98. The van der Waals surface area contributed by atoms with E-state index in [-0.39, 0.29) is 17.4 Å². The van der Waals surface area contributed by atoms with E-state index in [1.165, 1.54) is 12.1 Å². The van der Waals surface area contributed by atoms with E-state index < -0.39 is 11.7 Å². The summed E-state index contributed by atoms with van der Waals surface area (Å²) in [6, 6.07) is 4.52. The summed E-state index contributed by atoms with van der Waals surface area (Å²) < 4.78 is 37.0. The van der Waals surface area contributed by atoms with E-state index in [2.05, 4.69) is 19.9 Å². The molecule has 0 saturated heterocycles. The molecule has 1 aromatic heterocycles. The zero-order chi connectivity index (χ0) is 17.8. The predicted octanol–water partition coefficient (Wildman–Crippen LogP) is 2.97. The predicted molar refractivity (Wildman–Crippen MR) is 84.8 cm³/mol. The first-order valence-electron chi connectivity index (χ1n) is 8.07. The van der Waals surface area contributed by atoms with Crippen molar-refractivity contribution in [2.24, 2.45) is 7.05 Å². The highest BCUT2D eigenvalue weighted by molar-refractivity contribution is 6.01. The first-order chi connectivity index (χ1) is 11.8. The summed E-state index contributed by atoms with van der Waals surface area (Å²) in [6.07, 6.45) is -0.00984. The maximum Gasteiger partial charge on any atom is 0.586 e. The van der Waals surface area contributed by atoms with Crippen molar-refractivity contribution in [1.29, 1.82) is 0 Å². The van der Waals surface area contributed by atoms with Gasteiger partial charge in [-0.3, -0.25) is 9.48 Å². The molecule has 1 saturated carbocycles. The number of carbonyl (C=O) groups excluding carboxylic acids is 1. The fourth-order valence-corrected chi connectivity index (χ4v) is 3.25. The lowest BCUT2D eigenvalue weighted by atomic mass is 9.94. The molecule has 1 amide bonds. The third-order valence-electron chi connectivity index (χ3n) is 4.78. The summed E-state index contributed by atoms with van der Waals surface area (Å²) in [5, 5.41) is 7.09. The Balaban J connectivity index is 1.59. The standard InChI is InChI=1S/C17H17F2N3O3/c1-3-12-11(9-20-22(12)2)21-15(23)16(6-7-16)10-4-5-13-14(8-10)25-17(18,19)24-13/h4-5,8-9H,3,6-7H2,1-2H3,(H,21,23). The third-order valence-corrected chi connectivity index (χ3v) is 4.78. The number of anilines is 1. The molecule has 4 rings (SSSR count). The SMILES string of the molecule is CCc1c(NC(=O)C2(c3ccc4c(c3)OC(F)(F)O4)CC2)cnn1C. The van der Waals surface area contributed by atoms with Gasteiger partial charge in [0.1, 0.15) is 0 Å². The molecule has 1 aliphatic carbocycles. The van der Waals surface area contributed by atoms with E-state index in [1.807, 2.05) is 14.0 Å². The topological polar surface area (TPSA) is 65.4 Å². The van der Waals surface area contributed by atoms with Crippen LogP contribution < -0.4 is 14.8 Å². The van der Waals surface area contributed by atoms with E-state index in [9.17, 15) is 13.6 Å². The van der Waals surface area contributed by atoms with Crippen molar-refractivity contribution >= 4 is 11.6 Å². The minimum Gasteiger partial charge on any atom is -0.395 e. The Morgan fingerprint density at radius 2 is 2.04 bits per heavy atom. The molecule has 0 spiro atoms. The number of benzene rings is 1. The number of nitrogens with zero attached hydrogens (tertiary/aromatic N) is 2. The lowest BCUT2D eigenvalue weighted by Crippen LogP contribution is -2.28. The molecule has 6 nitrogen and oxygen atoms in total. The van der Waals surface area contributed by atoms with Crippen LogP contribution in [0.1, 0.15) is 31.0 Å². The van der Waals surface area contributed by atoms with Crippen molar-refractivity contribution in [2.75, 3.05) is 5.32 Å². The number of aromatic nitrogens is 2. The number of hydrogen-bond acceptors (Lipinski definition) is 4. The van der Waals surface area contributed by atoms with Crippen LogP contribution in [0.15, 0.2) is 24.4 Å². The fourth-order valence-electron chi connectivity index (χ4n) is 3.25. The van der Waals surface area contributed by atoms with Gasteiger partial charge in [-0.15, -0.1) is 8.78 Å². The number of carbonyl (C=O) groups is 1. The smallest absolute Gasteiger partial charge is 0.395 e. The molecule has 2 aliphatic rings. The van der Waals surface area contributed by atoms with Gasteiger partial charge in [0.25, 0.3) is 0 Å². The van der Waals surface area contributed by atoms with Gasteiger partial charge < -0.3 is 14.8 Å². The monoisotopic (exact) mass is 349 g/mol. The molecule has 1 aliphatic heterocycles. The number of rotatable bonds is 4. The molecule has 2 heterocycles. The Morgan fingerprint density at radius 3 is 2.72 bits per heavy atom. The quantitative estimate of drug-likeness (QED) is 0.922. The second kappa shape index (κ2) is 5.18. The van der Waals surface area contributed by atoms with Gasteiger partial charge in [-0.05, 0) is 37.0 Å². The highest BCUT2D eigenvalue weighted by Crippen LogP contribution is 2.52. The number of aryl methyl sites for hydroxylation is 1. The summed E-state index contributed by atoms with van der Waals surface area (Å²) in [5.41, 5.74) is 1.52. The van der Waals surface area contributed by atoms with Gasteiger partial charge >= 0.3 is 6.29 Å². The van der Waals surface area contributed by atoms with Crippen LogP contribution in [-0.4, -0.2) is 22.0 Å². The minimum absolute atomic E-state index is 0.0227. The summed E-state index contributed by atoms with van der Waals surface area (Å²) in [7, 11) is 1.82. The van der Waals surface area contributed by atoms with Crippen LogP contribution in [0.25, 0.3) is 0 Å². The number of amides is 1. The van der Waals surface area contributed by atoms with Crippen molar-refractivity contribution in [3.8, 4) is 11.5 Å². The minimum atomic E-state index is -3.66. The summed E-state index contributed by atoms with van der Waals surface area (Å²) >= 11 is 0.